The summed E-state index contributed by atoms with van der Waals surface area (Å²) in [5.41, 5.74) is 1.34. The summed E-state index contributed by atoms with van der Waals surface area (Å²) in [6.07, 6.45) is 16.6. The molecular formula is C26H26N2O4Zr. The van der Waals surface area contributed by atoms with Crippen molar-refractivity contribution in [2.45, 2.75) is 21.1 Å². The average molecular weight is 522 g/mol. The molecule has 6 nitrogen and oxygen atoms in total. The third kappa shape index (κ3) is 5.61. The Morgan fingerprint density at radius 2 is 1.09 bits per heavy atom. The van der Waals surface area contributed by atoms with Crippen molar-refractivity contribution in [1.29, 1.82) is 0 Å². The first-order chi connectivity index (χ1) is 15.9. The molecule has 2 aliphatic rings. The van der Waals surface area contributed by atoms with Gasteiger partial charge >= 0.3 is 200 Å². The fourth-order valence-electron chi connectivity index (χ4n) is 3.97. The monoisotopic (exact) mass is 520 g/mol. The summed E-state index contributed by atoms with van der Waals surface area (Å²) in [5, 5.41) is 5.63. The molecule has 0 aliphatic heterocycles. The molecule has 0 heterocycles. The first kappa shape index (κ1) is 23.0. The Bertz CT molecular complexity index is 1050. The van der Waals surface area contributed by atoms with Gasteiger partial charge in [0.25, 0.3) is 0 Å². The first-order valence-electron chi connectivity index (χ1n) is 10.8. The fourth-order valence-corrected chi connectivity index (χ4v) is 12.7. The third-order valence-electron chi connectivity index (χ3n) is 5.29. The van der Waals surface area contributed by atoms with E-state index < -0.39 is 21.1 Å². The second-order valence-corrected chi connectivity index (χ2v) is 15.8. The summed E-state index contributed by atoms with van der Waals surface area (Å²) in [6, 6.07) is 14.8. The SMILES string of the molecule is CC(=O)Nc1cccc([O][Zr]([O]c2cccc(NC(C)=O)c2)([CH]2C=CC=C2)[CH]2C=CC=C2)c1. The molecule has 2 aromatic rings. The molecule has 7 heteroatoms. The summed E-state index contributed by atoms with van der Waals surface area (Å²) >= 11 is -4.12. The minimum atomic E-state index is -4.12. The van der Waals surface area contributed by atoms with E-state index in [0.29, 0.717) is 22.9 Å². The molecule has 0 atom stereocenters. The molecule has 2 N–H and O–H groups in total. The van der Waals surface area contributed by atoms with Crippen molar-refractivity contribution in [1.82, 2.24) is 0 Å². The van der Waals surface area contributed by atoms with Gasteiger partial charge in [0.15, 0.2) is 0 Å². The molecule has 2 aromatic carbocycles. The Kier molecular flexibility index (Phi) is 7.09. The van der Waals surface area contributed by atoms with E-state index in [1.165, 1.54) is 13.8 Å². The normalized spacial score (nSPS) is 15.1. The van der Waals surface area contributed by atoms with Crippen LogP contribution in [0.4, 0.5) is 11.4 Å². The van der Waals surface area contributed by atoms with E-state index >= 15 is 0 Å². The number of amides is 2. The average Bonchev–Trinajstić information content (AvgIpc) is 3.48. The van der Waals surface area contributed by atoms with E-state index in [1.54, 1.807) is 0 Å². The number of nitrogens with one attached hydrogen (secondary N) is 2. The molecule has 0 aromatic heterocycles. The minimum absolute atomic E-state index is 0.0190. The van der Waals surface area contributed by atoms with Gasteiger partial charge in [-0.05, 0) is 0 Å². The standard InChI is InChI=1S/2C8H9NO2.2C5H5.Zr/c2*1-6(10)9-7-3-2-4-8(11)5-7;2*1-2-4-5-3-1;/h2*2-5,11H,1H3,(H,9,10);2*1-5H;/q;;;;+2/p-2. The zero-order valence-corrected chi connectivity index (χ0v) is 21.0. The molecule has 4 rings (SSSR count). The van der Waals surface area contributed by atoms with Gasteiger partial charge in [-0.3, -0.25) is 0 Å². The topological polar surface area (TPSA) is 76.7 Å². The molecule has 2 aliphatic carbocycles. The van der Waals surface area contributed by atoms with Crippen LogP contribution in [0.5, 0.6) is 11.5 Å². The molecular weight excluding hydrogens is 496 g/mol. The van der Waals surface area contributed by atoms with Crippen molar-refractivity contribution in [2.75, 3.05) is 10.6 Å². The number of hydrogen-bond acceptors (Lipinski definition) is 4. The van der Waals surface area contributed by atoms with Gasteiger partial charge in [-0.25, -0.2) is 0 Å². The molecule has 0 bridgehead atoms. The molecule has 0 radical (unpaired) electrons. The molecule has 0 spiro atoms. The van der Waals surface area contributed by atoms with Gasteiger partial charge in [0.2, 0.25) is 0 Å². The second-order valence-electron chi connectivity index (χ2n) is 7.93. The van der Waals surface area contributed by atoms with Crippen LogP contribution in [0.3, 0.4) is 0 Å². The molecule has 0 saturated carbocycles. The van der Waals surface area contributed by atoms with E-state index in [9.17, 15) is 9.59 Å². The second kappa shape index (κ2) is 10.2. The Hall–Kier alpha value is -3.18. The van der Waals surface area contributed by atoms with E-state index in [4.69, 9.17) is 5.63 Å². The number of anilines is 2. The zero-order chi connectivity index (χ0) is 23.3. The molecule has 33 heavy (non-hydrogen) atoms. The molecule has 0 fully saturated rings. The van der Waals surface area contributed by atoms with E-state index in [0.717, 1.165) is 0 Å². The van der Waals surface area contributed by atoms with Crippen molar-refractivity contribution in [2.24, 2.45) is 0 Å². The number of carbonyl (C=O) groups is 2. The predicted octanol–water partition coefficient (Wildman–Crippen LogP) is 5.87. The summed E-state index contributed by atoms with van der Waals surface area (Å²) in [5.74, 6) is 1.02. The van der Waals surface area contributed by atoms with Gasteiger partial charge in [0.1, 0.15) is 0 Å². The predicted molar refractivity (Wildman–Crippen MR) is 127 cm³/mol. The van der Waals surface area contributed by atoms with Crippen molar-refractivity contribution in [3.63, 3.8) is 0 Å². The number of hydrogen-bond donors (Lipinski definition) is 2. The van der Waals surface area contributed by atoms with Crippen molar-refractivity contribution >= 4 is 23.2 Å². The summed E-state index contributed by atoms with van der Waals surface area (Å²) < 4.78 is 13.8. The fraction of sp³-hybridized carbons (Fsp3) is 0.154. The van der Waals surface area contributed by atoms with Gasteiger partial charge < -0.3 is 0 Å². The Morgan fingerprint density at radius 3 is 1.45 bits per heavy atom. The van der Waals surface area contributed by atoms with Crippen LogP contribution in [0.25, 0.3) is 0 Å². The van der Waals surface area contributed by atoms with E-state index in [-0.39, 0.29) is 19.1 Å². The summed E-state index contributed by atoms with van der Waals surface area (Å²) in [7, 11) is 0. The third-order valence-corrected chi connectivity index (χ3v) is 14.5. The molecule has 2 amide bonds. The first-order valence-corrected chi connectivity index (χ1v) is 15.6. The van der Waals surface area contributed by atoms with Crippen LogP contribution in [0.1, 0.15) is 13.8 Å². The molecule has 0 unspecified atom stereocenters. The van der Waals surface area contributed by atoms with Gasteiger partial charge in [0, 0.05) is 0 Å². The maximum atomic E-state index is 11.5. The van der Waals surface area contributed by atoms with Crippen LogP contribution in [0.15, 0.2) is 97.1 Å². The quantitative estimate of drug-likeness (QED) is 0.455. The van der Waals surface area contributed by atoms with Gasteiger partial charge in [-0.15, -0.1) is 0 Å². The number of allylic oxidation sites excluding steroid dienone is 8. The van der Waals surface area contributed by atoms with Gasteiger partial charge in [0.05, 0.1) is 0 Å². The summed E-state index contributed by atoms with van der Waals surface area (Å²) in [6.45, 7) is 2.95. The number of rotatable bonds is 8. The van der Waals surface area contributed by atoms with Crippen molar-refractivity contribution in [3.05, 3.63) is 97.1 Å². The van der Waals surface area contributed by atoms with Gasteiger partial charge in [-0.2, -0.15) is 0 Å². The Balaban J connectivity index is 1.75. The van der Waals surface area contributed by atoms with Crippen molar-refractivity contribution < 1.29 is 36.4 Å². The number of benzene rings is 2. The zero-order valence-electron chi connectivity index (χ0n) is 18.5. The molecule has 168 valence electrons. The maximum absolute atomic E-state index is 11.5. The van der Waals surface area contributed by atoms with E-state index in [1.807, 2.05) is 72.8 Å². The Labute approximate surface area is 199 Å². The van der Waals surface area contributed by atoms with Crippen LogP contribution in [0, 0.1) is 0 Å². The van der Waals surface area contributed by atoms with Crippen LogP contribution in [0.2, 0.25) is 7.25 Å². The van der Waals surface area contributed by atoms with Gasteiger partial charge in [-0.1, -0.05) is 0 Å². The van der Waals surface area contributed by atoms with Crippen LogP contribution in [-0.4, -0.2) is 11.8 Å². The Morgan fingerprint density at radius 1 is 0.697 bits per heavy atom. The summed E-state index contributed by atoms with van der Waals surface area (Å²) in [4.78, 5) is 23.1. The van der Waals surface area contributed by atoms with Crippen LogP contribution in [-0.2, 0) is 30.7 Å². The van der Waals surface area contributed by atoms with Crippen LogP contribution < -0.4 is 16.3 Å². The van der Waals surface area contributed by atoms with Crippen LogP contribution >= 0.6 is 0 Å². The van der Waals surface area contributed by atoms with Crippen molar-refractivity contribution in [3.8, 4) is 11.5 Å². The molecule has 0 saturated heterocycles. The number of carbonyl (C=O) groups excluding carboxylic acids is 2. The van der Waals surface area contributed by atoms with E-state index in [2.05, 4.69) is 34.9 Å².